The molecule has 0 unspecified atom stereocenters. The number of hydrogen-bond donors (Lipinski definition) is 0. The SMILES string of the molecule is C1CCCC2=C(CC1)CPC2. The Morgan fingerprint density at radius 3 is 1.82 bits per heavy atom. The van der Waals surface area contributed by atoms with Gasteiger partial charge in [-0.25, -0.2) is 0 Å². The van der Waals surface area contributed by atoms with Crippen LogP contribution >= 0.6 is 8.58 Å². The summed E-state index contributed by atoms with van der Waals surface area (Å²) in [7, 11) is 1.24. The lowest BCUT2D eigenvalue weighted by molar-refractivity contribution is 0.615. The van der Waals surface area contributed by atoms with Crippen LogP contribution in [-0.2, 0) is 0 Å². The van der Waals surface area contributed by atoms with Gasteiger partial charge in [-0.2, -0.15) is 0 Å². The van der Waals surface area contributed by atoms with Crippen molar-refractivity contribution in [2.24, 2.45) is 0 Å². The lowest BCUT2D eigenvalue weighted by Crippen LogP contribution is -1.94. The zero-order chi connectivity index (χ0) is 7.52. The molecule has 2 aliphatic rings. The Labute approximate surface area is 71.2 Å². The third-order valence-electron chi connectivity index (χ3n) is 2.88. The second-order valence-electron chi connectivity index (χ2n) is 3.72. The zero-order valence-corrected chi connectivity index (χ0v) is 8.16. The summed E-state index contributed by atoms with van der Waals surface area (Å²) >= 11 is 0. The Kier molecular flexibility index (Phi) is 2.64. The normalized spacial score (nSPS) is 26.2. The van der Waals surface area contributed by atoms with Crippen LogP contribution in [0.2, 0.25) is 0 Å². The maximum atomic E-state index is 1.86. The molecule has 0 aromatic heterocycles. The van der Waals surface area contributed by atoms with Crippen molar-refractivity contribution in [3.8, 4) is 0 Å². The van der Waals surface area contributed by atoms with E-state index in [2.05, 4.69) is 0 Å². The summed E-state index contributed by atoms with van der Waals surface area (Å²) < 4.78 is 0. The highest BCUT2D eigenvalue weighted by molar-refractivity contribution is 7.39. The molecule has 0 nitrogen and oxygen atoms in total. The Hall–Kier alpha value is 0.170. The highest BCUT2D eigenvalue weighted by Crippen LogP contribution is 2.36. The molecule has 2 rings (SSSR count). The molecule has 0 atom stereocenters. The van der Waals surface area contributed by atoms with E-state index in [4.69, 9.17) is 0 Å². The van der Waals surface area contributed by atoms with Gasteiger partial charge in [0.05, 0.1) is 0 Å². The number of hydrogen-bond acceptors (Lipinski definition) is 0. The highest BCUT2D eigenvalue weighted by Gasteiger charge is 2.14. The average molecular weight is 168 g/mol. The molecular formula is C10H17P. The Morgan fingerprint density at radius 2 is 1.27 bits per heavy atom. The van der Waals surface area contributed by atoms with E-state index in [1.807, 2.05) is 11.1 Å². The van der Waals surface area contributed by atoms with E-state index in [0.29, 0.717) is 0 Å². The van der Waals surface area contributed by atoms with Crippen LogP contribution in [-0.4, -0.2) is 12.3 Å². The molecule has 0 aromatic carbocycles. The second kappa shape index (κ2) is 3.72. The second-order valence-corrected chi connectivity index (χ2v) is 4.93. The summed E-state index contributed by atoms with van der Waals surface area (Å²) in [5.41, 5.74) is 3.73. The van der Waals surface area contributed by atoms with E-state index in [1.165, 1.54) is 59.4 Å². The van der Waals surface area contributed by atoms with Crippen molar-refractivity contribution in [3.05, 3.63) is 11.1 Å². The lowest BCUT2D eigenvalue weighted by Gasteiger charge is -2.10. The van der Waals surface area contributed by atoms with Gasteiger partial charge in [0.1, 0.15) is 0 Å². The van der Waals surface area contributed by atoms with Gasteiger partial charge in [0, 0.05) is 0 Å². The first-order chi connectivity index (χ1) is 5.47. The molecule has 0 spiro atoms. The lowest BCUT2D eigenvalue weighted by atomic mass is 9.95. The molecule has 1 heterocycles. The molecule has 1 aliphatic heterocycles. The van der Waals surface area contributed by atoms with Crippen LogP contribution in [0.1, 0.15) is 38.5 Å². The predicted octanol–water partition coefficient (Wildman–Crippen LogP) is 3.33. The fourth-order valence-corrected chi connectivity index (χ4v) is 3.76. The molecule has 1 aliphatic carbocycles. The Bertz CT molecular complexity index is 152. The molecule has 11 heavy (non-hydrogen) atoms. The molecule has 0 fully saturated rings. The van der Waals surface area contributed by atoms with Crippen molar-refractivity contribution in [2.75, 3.05) is 12.3 Å². The average Bonchev–Trinajstić information content (AvgIpc) is 2.35. The fourth-order valence-electron chi connectivity index (χ4n) is 2.17. The summed E-state index contributed by atoms with van der Waals surface area (Å²) in [5, 5.41) is 0. The largest absolute Gasteiger partial charge is 0.114 e. The third-order valence-corrected chi connectivity index (χ3v) is 4.24. The summed E-state index contributed by atoms with van der Waals surface area (Å²) in [6, 6.07) is 0. The first kappa shape index (κ1) is 7.80. The molecule has 0 aromatic rings. The quantitative estimate of drug-likeness (QED) is 0.384. The monoisotopic (exact) mass is 168 g/mol. The predicted molar refractivity (Wildman–Crippen MR) is 52.8 cm³/mol. The van der Waals surface area contributed by atoms with Gasteiger partial charge >= 0.3 is 0 Å². The van der Waals surface area contributed by atoms with E-state index in [-0.39, 0.29) is 0 Å². The molecule has 62 valence electrons. The maximum Gasteiger partial charge on any atom is -0.0136 e. The Morgan fingerprint density at radius 1 is 0.727 bits per heavy atom. The standard InChI is InChI=1S/C10H17P/c1-2-4-6-10-8-11-7-9(10)5-3-1/h11H,1-8H2. The van der Waals surface area contributed by atoms with E-state index in [0.717, 1.165) is 0 Å². The summed E-state index contributed by atoms with van der Waals surface area (Å²) in [5.74, 6) is 0. The summed E-state index contributed by atoms with van der Waals surface area (Å²) in [4.78, 5) is 0. The zero-order valence-electron chi connectivity index (χ0n) is 7.16. The van der Waals surface area contributed by atoms with Crippen LogP contribution in [0.15, 0.2) is 11.1 Å². The minimum Gasteiger partial charge on any atom is -0.114 e. The number of allylic oxidation sites excluding steroid dienone is 2. The van der Waals surface area contributed by atoms with Crippen LogP contribution < -0.4 is 0 Å². The van der Waals surface area contributed by atoms with Gasteiger partial charge in [-0.1, -0.05) is 24.0 Å². The van der Waals surface area contributed by atoms with E-state index < -0.39 is 0 Å². The summed E-state index contributed by atoms with van der Waals surface area (Å²) in [6.07, 6.45) is 11.8. The molecule has 0 saturated carbocycles. The van der Waals surface area contributed by atoms with Crippen molar-refractivity contribution < 1.29 is 0 Å². The van der Waals surface area contributed by atoms with Gasteiger partial charge in [-0.3, -0.25) is 0 Å². The van der Waals surface area contributed by atoms with Crippen LogP contribution in [0, 0.1) is 0 Å². The van der Waals surface area contributed by atoms with Crippen molar-refractivity contribution in [3.63, 3.8) is 0 Å². The third kappa shape index (κ3) is 1.85. The first-order valence-electron chi connectivity index (χ1n) is 4.87. The molecule has 0 saturated heterocycles. The summed E-state index contributed by atoms with van der Waals surface area (Å²) in [6.45, 7) is 0. The van der Waals surface area contributed by atoms with E-state index in [9.17, 15) is 0 Å². The van der Waals surface area contributed by atoms with E-state index >= 15 is 0 Å². The topological polar surface area (TPSA) is 0 Å². The first-order valence-corrected chi connectivity index (χ1v) is 6.29. The maximum absolute atomic E-state index is 1.86. The van der Waals surface area contributed by atoms with Gasteiger partial charge in [0.15, 0.2) is 0 Å². The minimum atomic E-state index is 1.24. The van der Waals surface area contributed by atoms with Gasteiger partial charge in [-0.15, -0.1) is 8.58 Å². The van der Waals surface area contributed by atoms with Crippen LogP contribution in [0.5, 0.6) is 0 Å². The van der Waals surface area contributed by atoms with Crippen LogP contribution in [0.4, 0.5) is 0 Å². The van der Waals surface area contributed by atoms with Crippen LogP contribution in [0.25, 0.3) is 0 Å². The fraction of sp³-hybridized carbons (Fsp3) is 0.800. The van der Waals surface area contributed by atoms with Gasteiger partial charge < -0.3 is 0 Å². The highest BCUT2D eigenvalue weighted by atomic mass is 31.1. The van der Waals surface area contributed by atoms with Gasteiger partial charge in [0.2, 0.25) is 0 Å². The van der Waals surface area contributed by atoms with Crippen molar-refractivity contribution in [1.29, 1.82) is 0 Å². The van der Waals surface area contributed by atoms with Crippen molar-refractivity contribution >= 4 is 8.58 Å². The van der Waals surface area contributed by atoms with Crippen molar-refractivity contribution in [1.82, 2.24) is 0 Å². The van der Waals surface area contributed by atoms with Gasteiger partial charge in [0.25, 0.3) is 0 Å². The minimum absolute atomic E-state index is 1.24. The number of rotatable bonds is 0. The van der Waals surface area contributed by atoms with Gasteiger partial charge in [-0.05, 0) is 38.0 Å². The molecule has 0 N–H and O–H groups in total. The molecule has 0 amide bonds. The smallest absolute Gasteiger partial charge is 0.0136 e. The Balaban J connectivity index is 2.05. The molecule has 0 radical (unpaired) electrons. The molecule has 1 heteroatoms. The molecular weight excluding hydrogens is 151 g/mol. The van der Waals surface area contributed by atoms with Crippen molar-refractivity contribution in [2.45, 2.75) is 38.5 Å². The van der Waals surface area contributed by atoms with E-state index in [1.54, 1.807) is 0 Å². The molecule has 0 bridgehead atoms. The van der Waals surface area contributed by atoms with Crippen LogP contribution in [0.3, 0.4) is 0 Å².